The maximum absolute atomic E-state index is 5.97. The van der Waals surface area contributed by atoms with Gasteiger partial charge in [-0.3, -0.25) is 0 Å². The van der Waals surface area contributed by atoms with Gasteiger partial charge in [0.15, 0.2) is 11.0 Å². The molecule has 3 nitrogen and oxygen atoms in total. The van der Waals surface area contributed by atoms with Crippen LogP contribution in [-0.2, 0) is 0 Å². The second-order valence-electron chi connectivity index (χ2n) is 5.13. The van der Waals surface area contributed by atoms with Crippen LogP contribution in [0, 0.1) is 13.8 Å². The molecule has 0 N–H and O–H groups in total. The Balaban J connectivity index is 2.45. The lowest BCUT2D eigenvalue weighted by Crippen LogP contribution is -2.39. The molecule has 0 radical (unpaired) electrons. The molecule has 1 aromatic rings. The molecule has 0 saturated carbocycles. The second-order valence-corrected chi connectivity index (χ2v) is 5.49. The topological polar surface area (TPSA) is 29.0 Å². The molecule has 0 aromatic carbocycles. The Hall–Kier alpha value is -0.830. The van der Waals surface area contributed by atoms with Crippen LogP contribution in [0.5, 0.6) is 0 Å². The Morgan fingerprint density at radius 3 is 2.44 bits per heavy atom. The molecule has 2 rings (SSSR count). The Bertz CT molecular complexity index is 415. The zero-order chi connectivity index (χ0) is 11.9. The van der Waals surface area contributed by atoms with Gasteiger partial charge in [0.25, 0.3) is 0 Å². The number of hydrogen-bond donors (Lipinski definition) is 0. The Morgan fingerprint density at radius 1 is 1.19 bits per heavy atom. The van der Waals surface area contributed by atoms with Crippen LogP contribution in [0.15, 0.2) is 0 Å². The highest BCUT2D eigenvalue weighted by atomic mass is 35.5. The van der Waals surface area contributed by atoms with Crippen molar-refractivity contribution in [2.24, 2.45) is 0 Å². The molecule has 16 heavy (non-hydrogen) atoms. The van der Waals surface area contributed by atoms with E-state index in [4.69, 9.17) is 11.6 Å². The van der Waals surface area contributed by atoms with E-state index in [1.807, 2.05) is 6.92 Å². The number of hydrogen-bond acceptors (Lipinski definition) is 3. The van der Waals surface area contributed by atoms with Crippen molar-refractivity contribution in [2.75, 3.05) is 11.4 Å². The van der Waals surface area contributed by atoms with Crippen molar-refractivity contribution in [2.45, 2.75) is 46.1 Å². The van der Waals surface area contributed by atoms with E-state index >= 15 is 0 Å². The normalized spacial score (nSPS) is 19.2. The van der Waals surface area contributed by atoms with E-state index in [-0.39, 0.29) is 5.54 Å². The van der Waals surface area contributed by atoms with Crippen molar-refractivity contribution in [1.82, 2.24) is 10.2 Å². The van der Waals surface area contributed by atoms with Gasteiger partial charge >= 0.3 is 0 Å². The Kier molecular flexibility index (Phi) is 2.82. The van der Waals surface area contributed by atoms with E-state index in [1.54, 1.807) is 0 Å². The number of rotatable bonds is 1. The molecule has 1 aliphatic rings. The standard InChI is InChI=1S/C12H18ClN3/c1-8-9(2)11(15-14-10(8)13)16-7-5-6-12(16,3)4/h5-7H2,1-4H3. The fourth-order valence-electron chi connectivity index (χ4n) is 2.32. The third-order valence-corrected chi connectivity index (χ3v) is 3.96. The van der Waals surface area contributed by atoms with Gasteiger partial charge in [0, 0.05) is 12.1 Å². The van der Waals surface area contributed by atoms with Gasteiger partial charge in [-0.25, -0.2) is 0 Å². The summed E-state index contributed by atoms with van der Waals surface area (Å²) in [7, 11) is 0. The fourth-order valence-corrected chi connectivity index (χ4v) is 2.50. The van der Waals surface area contributed by atoms with Crippen LogP contribution >= 0.6 is 11.6 Å². The van der Waals surface area contributed by atoms with Crippen LogP contribution in [0.3, 0.4) is 0 Å². The molecule has 0 aliphatic carbocycles. The number of aromatic nitrogens is 2. The average molecular weight is 240 g/mol. The van der Waals surface area contributed by atoms with Crippen molar-refractivity contribution < 1.29 is 0 Å². The number of anilines is 1. The van der Waals surface area contributed by atoms with Crippen molar-refractivity contribution in [3.05, 3.63) is 16.3 Å². The summed E-state index contributed by atoms with van der Waals surface area (Å²) in [5.74, 6) is 0.990. The summed E-state index contributed by atoms with van der Waals surface area (Å²) in [5.41, 5.74) is 2.36. The van der Waals surface area contributed by atoms with Crippen LogP contribution in [0.2, 0.25) is 5.15 Å². The molecule has 1 aliphatic heterocycles. The average Bonchev–Trinajstić information content (AvgIpc) is 2.55. The zero-order valence-electron chi connectivity index (χ0n) is 10.3. The predicted molar refractivity (Wildman–Crippen MR) is 67.2 cm³/mol. The molecular formula is C12H18ClN3. The number of nitrogens with zero attached hydrogens (tertiary/aromatic N) is 3. The monoisotopic (exact) mass is 239 g/mol. The summed E-state index contributed by atoms with van der Waals surface area (Å²) < 4.78 is 0. The Labute approximate surface area is 102 Å². The molecule has 88 valence electrons. The third-order valence-electron chi connectivity index (χ3n) is 3.60. The van der Waals surface area contributed by atoms with Crippen molar-refractivity contribution in [3.8, 4) is 0 Å². The molecular weight excluding hydrogens is 222 g/mol. The number of halogens is 1. The van der Waals surface area contributed by atoms with Gasteiger partial charge < -0.3 is 4.90 Å². The molecule has 1 aromatic heterocycles. The summed E-state index contributed by atoms with van der Waals surface area (Å²) in [6.07, 6.45) is 2.42. The highest BCUT2D eigenvalue weighted by Crippen LogP contribution is 2.35. The van der Waals surface area contributed by atoms with Gasteiger partial charge in [0.1, 0.15) is 0 Å². The lowest BCUT2D eigenvalue weighted by Gasteiger charge is -2.33. The minimum Gasteiger partial charge on any atom is -0.350 e. The summed E-state index contributed by atoms with van der Waals surface area (Å²) in [6, 6.07) is 0. The zero-order valence-corrected chi connectivity index (χ0v) is 11.1. The molecule has 0 spiro atoms. The lowest BCUT2D eigenvalue weighted by molar-refractivity contribution is 0.511. The van der Waals surface area contributed by atoms with Crippen LogP contribution in [0.25, 0.3) is 0 Å². The summed E-state index contributed by atoms with van der Waals surface area (Å²) in [4.78, 5) is 2.35. The highest BCUT2D eigenvalue weighted by molar-refractivity contribution is 6.30. The van der Waals surface area contributed by atoms with Crippen molar-refractivity contribution in [1.29, 1.82) is 0 Å². The van der Waals surface area contributed by atoms with Crippen LogP contribution in [0.1, 0.15) is 37.8 Å². The van der Waals surface area contributed by atoms with Gasteiger partial charge in [-0.2, -0.15) is 0 Å². The first kappa shape index (κ1) is 11.6. The van der Waals surface area contributed by atoms with Crippen LogP contribution in [0.4, 0.5) is 5.82 Å². The van der Waals surface area contributed by atoms with E-state index in [2.05, 4.69) is 35.9 Å². The van der Waals surface area contributed by atoms with Crippen LogP contribution in [-0.4, -0.2) is 22.3 Å². The van der Waals surface area contributed by atoms with Gasteiger partial charge in [0.2, 0.25) is 0 Å². The van der Waals surface area contributed by atoms with E-state index in [0.29, 0.717) is 5.15 Å². The molecule has 1 fully saturated rings. The minimum absolute atomic E-state index is 0.180. The SMILES string of the molecule is Cc1c(Cl)nnc(N2CCCC2(C)C)c1C. The molecule has 4 heteroatoms. The van der Waals surface area contributed by atoms with E-state index in [1.165, 1.54) is 12.8 Å². The maximum atomic E-state index is 5.97. The smallest absolute Gasteiger partial charge is 0.155 e. The molecule has 2 heterocycles. The minimum atomic E-state index is 0.180. The van der Waals surface area contributed by atoms with Gasteiger partial charge in [0.05, 0.1) is 0 Å². The van der Waals surface area contributed by atoms with E-state index in [0.717, 1.165) is 23.5 Å². The summed E-state index contributed by atoms with van der Waals surface area (Å²) in [5, 5.41) is 8.80. The van der Waals surface area contributed by atoms with E-state index < -0.39 is 0 Å². The van der Waals surface area contributed by atoms with Gasteiger partial charge in [-0.1, -0.05) is 11.6 Å². The first-order chi connectivity index (χ1) is 7.43. The van der Waals surface area contributed by atoms with Crippen molar-refractivity contribution >= 4 is 17.4 Å². The summed E-state index contributed by atoms with van der Waals surface area (Å²) in [6.45, 7) is 9.64. The highest BCUT2D eigenvalue weighted by Gasteiger charge is 2.34. The Morgan fingerprint density at radius 2 is 1.88 bits per heavy atom. The summed E-state index contributed by atoms with van der Waals surface area (Å²) >= 11 is 5.97. The molecule has 0 bridgehead atoms. The molecule has 0 atom stereocenters. The lowest BCUT2D eigenvalue weighted by atomic mass is 10.0. The van der Waals surface area contributed by atoms with Gasteiger partial charge in [-0.05, 0) is 51.7 Å². The third kappa shape index (κ3) is 1.77. The first-order valence-corrected chi connectivity index (χ1v) is 6.08. The van der Waals surface area contributed by atoms with E-state index in [9.17, 15) is 0 Å². The molecule has 0 amide bonds. The predicted octanol–water partition coefficient (Wildman–Crippen LogP) is 3.13. The fraction of sp³-hybridized carbons (Fsp3) is 0.667. The largest absolute Gasteiger partial charge is 0.350 e. The maximum Gasteiger partial charge on any atom is 0.155 e. The molecule has 1 saturated heterocycles. The molecule has 0 unspecified atom stereocenters. The first-order valence-electron chi connectivity index (χ1n) is 5.70. The second kappa shape index (κ2) is 3.88. The van der Waals surface area contributed by atoms with Gasteiger partial charge in [-0.15, -0.1) is 10.2 Å². The van der Waals surface area contributed by atoms with Crippen LogP contribution < -0.4 is 4.90 Å². The quantitative estimate of drug-likeness (QED) is 0.754. The van der Waals surface area contributed by atoms with Crippen molar-refractivity contribution in [3.63, 3.8) is 0 Å².